The van der Waals surface area contributed by atoms with E-state index in [2.05, 4.69) is 25.3 Å². The van der Waals surface area contributed by atoms with Crippen molar-refractivity contribution in [3.05, 3.63) is 57.8 Å². The number of halogens is 2. The predicted octanol–water partition coefficient (Wildman–Crippen LogP) is 1.46. The number of pyridine rings is 1. The molecule has 3 atom stereocenters. The molecule has 0 spiro atoms. The first-order valence-corrected chi connectivity index (χ1v) is 12.8. The van der Waals surface area contributed by atoms with Crippen molar-refractivity contribution in [1.29, 1.82) is 5.26 Å². The molecule has 1 amide bonds. The lowest BCUT2D eigenvalue weighted by atomic mass is 9.99. The van der Waals surface area contributed by atoms with Gasteiger partial charge >= 0.3 is 5.69 Å². The second kappa shape index (κ2) is 11.2. The van der Waals surface area contributed by atoms with E-state index in [9.17, 15) is 23.2 Å². The molecule has 15 heteroatoms. The molecule has 1 fully saturated rings. The Hall–Kier alpha value is -5.00. The van der Waals surface area contributed by atoms with E-state index in [1.54, 1.807) is 48.5 Å². The van der Waals surface area contributed by atoms with Gasteiger partial charge in [-0.2, -0.15) is 5.26 Å². The molecule has 1 aliphatic rings. The molecule has 5 rings (SSSR count). The number of carbonyl (C=O) groups excluding carboxylic acids is 1. The van der Waals surface area contributed by atoms with Gasteiger partial charge < -0.3 is 14.8 Å². The number of nitrogens with one attached hydrogen (secondary N) is 1. The van der Waals surface area contributed by atoms with Crippen LogP contribution in [-0.2, 0) is 18.4 Å². The van der Waals surface area contributed by atoms with Crippen LogP contribution in [0.25, 0.3) is 22.4 Å². The lowest BCUT2D eigenvalue weighted by Gasteiger charge is -2.16. The summed E-state index contributed by atoms with van der Waals surface area (Å²) in [5.41, 5.74) is -0.253. The van der Waals surface area contributed by atoms with Gasteiger partial charge in [0.05, 0.1) is 31.4 Å². The summed E-state index contributed by atoms with van der Waals surface area (Å²) in [6, 6.07) is 5.87. The number of rotatable bonds is 8. The zero-order chi connectivity index (χ0) is 29.3. The van der Waals surface area contributed by atoms with Gasteiger partial charge in [-0.3, -0.25) is 22.9 Å². The monoisotopic (exact) mass is 564 g/mol. The number of hydrogen-bond acceptors (Lipinski definition) is 9. The number of fused-ring (bicyclic) bond motifs is 1. The van der Waals surface area contributed by atoms with Gasteiger partial charge in [0, 0.05) is 49.9 Å². The van der Waals surface area contributed by atoms with Gasteiger partial charge in [0.15, 0.2) is 11.2 Å². The van der Waals surface area contributed by atoms with Crippen LogP contribution in [0.5, 0.6) is 0 Å². The third-order valence-electron chi connectivity index (χ3n) is 7.27. The van der Waals surface area contributed by atoms with Crippen molar-refractivity contribution in [2.75, 3.05) is 36.7 Å². The zero-order valence-corrected chi connectivity index (χ0v) is 22.2. The summed E-state index contributed by atoms with van der Waals surface area (Å²) in [5, 5.41) is 11.8. The topological polar surface area (TPSA) is 157 Å². The first kappa shape index (κ1) is 27.6. The molecule has 41 heavy (non-hydrogen) atoms. The van der Waals surface area contributed by atoms with Crippen molar-refractivity contribution in [3.63, 3.8) is 0 Å². The smallest absolute Gasteiger partial charge is 0.333 e. The average molecular weight is 565 g/mol. The van der Waals surface area contributed by atoms with Crippen LogP contribution in [0.2, 0.25) is 0 Å². The molecular formula is C26H26F2N10O3. The Balaban J connectivity index is 1.35. The fourth-order valence-corrected chi connectivity index (χ4v) is 4.88. The van der Waals surface area contributed by atoms with Gasteiger partial charge in [-0.15, -0.1) is 0 Å². The largest absolute Gasteiger partial charge is 0.340 e. The number of imidazole rings is 1. The molecule has 212 valence electrons. The summed E-state index contributed by atoms with van der Waals surface area (Å²) in [6.45, 7) is 0.614. The molecule has 0 radical (unpaired) electrons. The molecule has 0 bridgehead atoms. The van der Waals surface area contributed by atoms with E-state index >= 15 is 0 Å². The predicted molar refractivity (Wildman–Crippen MR) is 145 cm³/mol. The highest BCUT2D eigenvalue weighted by Crippen LogP contribution is 2.28. The number of carbonyl (C=O) groups is 1. The highest BCUT2D eigenvalue weighted by Gasteiger charge is 2.34. The van der Waals surface area contributed by atoms with Gasteiger partial charge in [0.25, 0.3) is 5.56 Å². The number of nitrogens with zero attached hydrogens (tertiary/aromatic N) is 9. The minimum Gasteiger partial charge on any atom is -0.340 e. The molecule has 0 aliphatic carbocycles. The van der Waals surface area contributed by atoms with Crippen molar-refractivity contribution in [3.8, 4) is 17.3 Å². The van der Waals surface area contributed by atoms with Crippen LogP contribution in [-0.4, -0.2) is 66.0 Å². The Kier molecular flexibility index (Phi) is 7.56. The number of aromatic nitrogens is 7. The highest BCUT2D eigenvalue weighted by atomic mass is 19.1. The van der Waals surface area contributed by atoms with Crippen molar-refractivity contribution in [2.24, 2.45) is 18.9 Å². The quantitative estimate of drug-likeness (QED) is 0.335. The summed E-state index contributed by atoms with van der Waals surface area (Å²) in [6.07, 6.45) is 4.40. The van der Waals surface area contributed by atoms with Crippen LogP contribution in [0.15, 0.2) is 46.5 Å². The second-order valence-electron chi connectivity index (χ2n) is 9.79. The van der Waals surface area contributed by atoms with E-state index in [0.717, 1.165) is 9.13 Å². The van der Waals surface area contributed by atoms with E-state index in [1.807, 2.05) is 0 Å². The molecule has 13 nitrogen and oxygen atoms in total. The molecule has 2 unspecified atom stereocenters. The first-order chi connectivity index (χ1) is 19.8. The van der Waals surface area contributed by atoms with Crippen molar-refractivity contribution < 1.29 is 13.6 Å². The maximum absolute atomic E-state index is 13.2. The lowest BCUT2D eigenvalue weighted by molar-refractivity contribution is -0.118. The number of anilines is 2. The van der Waals surface area contributed by atoms with Gasteiger partial charge in [-0.05, 0) is 19.1 Å². The molecule has 4 aromatic heterocycles. The second-order valence-corrected chi connectivity index (χ2v) is 9.79. The Bertz CT molecular complexity index is 1750. The molecule has 1 N–H and O–H groups in total. The SMILES string of the molecule is C[C@@H](C(=O)Nc1cccc(-c2cnc(N3CC(CF)C(CF)C3)nc2)n1)n1cnc2c1c(=O)n(CC#N)c(=O)n2C. The highest BCUT2D eigenvalue weighted by molar-refractivity contribution is 5.93. The Morgan fingerprint density at radius 2 is 1.83 bits per heavy atom. The fraction of sp³-hybridized carbons (Fsp3) is 0.385. The van der Waals surface area contributed by atoms with Crippen LogP contribution in [0.1, 0.15) is 13.0 Å². The molecule has 1 saturated heterocycles. The van der Waals surface area contributed by atoms with Crippen LogP contribution in [0.3, 0.4) is 0 Å². The number of hydrogen-bond donors (Lipinski definition) is 1. The van der Waals surface area contributed by atoms with Crippen molar-refractivity contribution in [2.45, 2.75) is 19.5 Å². The molecule has 5 heterocycles. The molecule has 0 saturated carbocycles. The maximum Gasteiger partial charge on any atom is 0.333 e. The maximum atomic E-state index is 13.2. The summed E-state index contributed by atoms with van der Waals surface area (Å²) < 4.78 is 29.7. The Morgan fingerprint density at radius 3 is 2.46 bits per heavy atom. The van der Waals surface area contributed by atoms with Crippen molar-refractivity contribution >= 4 is 28.8 Å². The van der Waals surface area contributed by atoms with Gasteiger partial charge in [0.2, 0.25) is 11.9 Å². The molecule has 4 aromatic rings. The summed E-state index contributed by atoms with van der Waals surface area (Å²) in [7, 11) is 1.43. The van der Waals surface area contributed by atoms with Crippen molar-refractivity contribution in [1.82, 2.24) is 33.6 Å². The molecule has 1 aliphatic heterocycles. The third-order valence-corrected chi connectivity index (χ3v) is 7.27. The summed E-state index contributed by atoms with van der Waals surface area (Å²) >= 11 is 0. The molecule has 0 aromatic carbocycles. The minimum atomic E-state index is -0.921. The van der Waals surface area contributed by atoms with E-state index in [0.29, 0.717) is 30.3 Å². The average Bonchev–Trinajstić information content (AvgIpc) is 3.63. The normalized spacial score (nSPS) is 17.5. The van der Waals surface area contributed by atoms with Crippen LogP contribution in [0.4, 0.5) is 20.5 Å². The van der Waals surface area contributed by atoms with Crippen LogP contribution in [0, 0.1) is 23.2 Å². The number of amides is 1. The summed E-state index contributed by atoms with van der Waals surface area (Å²) in [4.78, 5) is 57.6. The van der Waals surface area contributed by atoms with Gasteiger partial charge in [-0.25, -0.2) is 29.3 Å². The van der Waals surface area contributed by atoms with Gasteiger partial charge in [-0.1, -0.05) is 6.07 Å². The Morgan fingerprint density at radius 1 is 1.15 bits per heavy atom. The van der Waals surface area contributed by atoms with Gasteiger partial charge in [0.1, 0.15) is 18.4 Å². The number of aryl methyl sites for hydroxylation is 1. The third kappa shape index (κ3) is 5.04. The van der Waals surface area contributed by atoms with E-state index < -0.39 is 54.9 Å². The standard InChI is InChI=1S/C26H26F2N10O3/c1-15(38-14-32-22-21(38)24(40)37(7-6-29)26(41)35(22)2)23(39)34-20-5-3-4-19(33-20)18-10-30-25(31-11-18)36-12-16(8-27)17(9-28)13-36/h3-5,10-11,14-17H,7-9,12-13H2,1-2H3,(H,33,34,39)/t15-,16?,17?/m0/s1. The number of nitriles is 1. The van der Waals surface area contributed by atoms with Crippen LogP contribution >= 0.6 is 0 Å². The van der Waals surface area contributed by atoms with Crippen LogP contribution < -0.4 is 21.5 Å². The zero-order valence-electron chi connectivity index (χ0n) is 22.2. The molecular weight excluding hydrogens is 538 g/mol. The van der Waals surface area contributed by atoms with E-state index in [-0.39, 0.29) is 17.0 Å². The lowest BCUT2D eigenvalue weighted by Crippen LogP contribution is -2.40. The van der Waals surface area contributed by atoms with E-state index in [4.69, 9.17) is 5.26 Å². The summed E-state index contributed by atoms with van der Waals surface area (Å²) in [5.74, 6) is -0.671. The first-order valence-electron chi connectivity index (χ1n) is 12.8. The fourth-order valence-electron chi connectivity index (χ4n) is 4.88. The Labute approximate surface area is 231 Å². The number of alkyl halides is 2. The van der Waals surface area contributed by atoms with E-state index in [1.165, 1.54) is 17.9 Å². The minimum absolute atomic E-state index is 0.0117.